The summed E-state index contributed by atoms with van der Waals surface area (Å²) < 4.78 is 6.75. The third-order valence-electron chi connectivity index (χ3n) is 6.79. The number of anilines is 1. The summed E-state index contributed by atoms with van der Waals surface area (Å²) in [6.45, 7) is 11.8. The molecule has 2 aliphatic heterocycles. The fourth-order valence-electron chi connectivity index (χ4n) is 4.72. The molecule has 9 heteroatoms. The molecule has 0 bridgehead atoms. The molecular weight excluding hydrogens is 434 g/mol. The summed E-state index contributed by atoms with van der Waals surface area (Å²) >= 11 is 1.83. The van der Waals surface area contributed by atoms with Crippen LogP contribution in [0, 0.1) is 6.92 Å². The summed E-state index contributed by atoms with van der Waals surface area (Å²) in [5.41, 5.74) is 1.86. The van der Waals surface area contributed by atoms with Gasteiger partial charge in [0.25, 0.3) is 0 Å². The summed E-state index contributed by atoms with van der Waals surface area (Å²) in [7, 11) is 2.26. The molecule has 3 aromatic rings. The Labute approximate surface area is 199 Å². The summed E-state index contributed by atoms with van der Waals surface area (Å²) in [4.78, 5) is 27.4. The van der Waals surface area contributed by atoms with Gasteiger partial charge in [0.1, 0.15) is 5.82 Å². The quantitative estimate of drug-likeness (QED) is 0.547. The molecule has 3 aromatic heterocycles. The van der Waals surface area contributed by atoms with Gasteiger partial charge in [0.15, 0.2) is 11.6 Å². The van der Waals surface area contributed by atoms with Gasteiger partial charge in [0, 0.05) is 42.9 Å². The number of likely N-dealkylation sites (tertiary alicyclic amines) is 1. The van der Waals surface area contributed by atoms with Crippen LogP contribution in [0.25, 0.3) is 21.6 Å². The van der Waals surface area contributed by atoms with Gasteiger partial charge in [-0.15, -0.1) is 11.3 Å². The Morgan fingerprint density at radius 3 is 2.52 bits per heavy atom. The number of thiophene rings is 1. The lowest BCUT2D eigenvalue weighted by molar-refractivity contribution is 0.122. The van der Waals surface area contributed by atoms with E-state index in [-0.39, 0.29) is 0 Å². The fourth-order valence-corrected chi connectivity index (χ4v) is 5.90. The minimum atomic E-state index is 0.642. The van der Waals surface area contributed by atoms with Crippen molar-refractivity contribution >= 4 is 27.4 Å². The first-order valence-electron chi connectivity index (χ1n) is 12.0. The number of nitrogens with zero attached hydrogens (tertiary/aromatic N) is 7. The second-order valence-electron chi connectivity index (χ2n) is 9.00. The number of morpholine rings is 1. The van der Waals surface area contributed by atoms with Crippen molar-refractivity contribution < 1.29 is 4.74 Å². The Morgan fingerprint density at radius 1 is 1.09 bits per heavy atom. The zero-order chi connectivity index (χ0) is 22.8. The number of hydrogen-bond acceptors (Lipinski definition) is 9. The van der Waals surface area contributed by atoms with E-state index in [0.29, 0.717) is 11.9 Å². The van der Waals surface area contributed by atoms with Crippen molar-refractivity contribution in [2.24, 2.45) is 0 Å². The molecule has 0 atom stereocenters. The normalized spacial score (nSPS) is 18.5. The Balaban J connectivity index is 1.44. The first-order valence-corrected chi connectivity index (χ1v) is 12.8. The van der Waals surface area contributed by atoms with Crippen LogP contribution in [0.15, 0.2) is 18.5 Å². The van der Waals surface area contributed by atoms with E-state index in [1.54, 1.807) is 0 Å². The van der Waals surface area contributed by atoms with E-state index in [1.165, 1.54) is 30.8 Å². The van der Waals surface area contributed by atoms with Crippen LogP contribution in [-0.2, 0) is 11.3 Å². The average Bonchev–Trinajstić information content (AvgIpc) is 3.26. The van der Waals surface area contributed by atoms with E-state index in [0.717, 1.165) is 66.8 Å². The van der Waals surface area contributed by atoms with E-state index in [4.69, 9.17) is 14.7 Å². The third kappa shape index (κ3) is 5.01. The number of rotatable bonds is 6. The lowest BCUT2D eigenvalue weighted by Crippen LogP contribution is -2.42. The van der Waals surface area contributed by atoms with Crippen LogP contribution in [0.3, 0.4) is 0 Å². The molecule has 0 unspecified atom stereocenters. The largest absolute Gasteiger partial charge is 0.378 e. The van der Waals surface area contributed by atoms with E-state index < -0.39 is 0 Å². The molecule has 0 spiro atoms. The molecular formula is C24H33N7OS. The second kappa shape index (κ2) is 9.97. The highest BCUT2D eigenvalue weighted by atomic mass is 32.1. The highest BCUT2D eigenvalue weighted by molar-refractivity contribution is 7.19. The minimum Gasteiger partial charge on any atom is -0.378 e. The van der Waals surface area contributed by atoms with Gasteiger partial charge >= 0.3 is 0 Å². The van der Waals surface area contributed by atoms with Crippen LogP contribution in [0.1, 0.15) is 30.5 Å². The summed E-state index contributed by atoms with van der Waals surface area (Å²) in [5.74, 6) is 2.45. The van der Waals surface area contributed by atoms with Gasteiger partial charge in [-0.25, -0.2) is 19.9 Å². The fraction of sp³-hybridized carbons (Fsp3) is 0.583. The Bertz CT molecular complexity index is 1070. The van der Waals surface area contributed by atoms with Gasteiger partial charge in [0.05, 0.1) is 29.0 Å². The smallest absolute Gasteiger partial charge is 0.165 e. The first-order chi connectivity index (χ1) is 16.1. The molecule has 0 saturated carbocycles. The van der Waals surface area contributed by atoms with E-state index in [1.807, 2.05) is 30.7 Å². The molecule has 0 N–H and O–H groups in total. The maximum Gasteiger partial charge on any atom is 0.165 e. The van der Waals surface area contributed by atoms with Crippen molar-refractivity contribution in [3.63, 3.8) is 0 Å². The molecule has 5 rings (SSSR count). The SMILES string of the molecule is CCN1CCC(N(C)Cc2cc3nc(-c4cnc(C)nc4)nc(N4CCOCC4)c3s2)CC1. The van der Waals surface area contributed by atoms with Crippen molar-refractivity contribution in [1.82, 2.24) is 29.7 Å². The number of aromatic nitrogens is 4. The van der Waals surface area contributed by atoms with E-state index in [9.17, 15) is 0 Å². The van der Waals surface area contributed by atoms with Crippen LogP contribution >= 0.6 is 11.3 Å². The van der Waals surface area contributed by atoms with Gasteiger partial charge < -0.3 is 14.5 Å². The predicted molar refractivity (Wildman–Crippen MR) is 133 cm³/mol. The van der Waals surface area contributed by atoms with Crippen molar-refractivity contribution in [2.75, 3.05) is 57.9 Å². The van der Waals surface area contributed by atoms with Crippen LogP contribution < -0.4 is 4.90 Å². The number of ether oxygens (including phenoxy) is 1. The van der Waals surface area contributed by atoms with Crippen molar-refractivity contribution in [2.45, 2.75) is 39.3 Å². The lowest BCUT2D eigenvalue weighted by Gasteiger charge is -2.36. The second-order valence-corrected chi connectivity index (χ2v) is 10.1. The number of aryl methyl sites for hydroxylation is 1. The highest BCUT2D eigenvalue weighted by Gasteiger charge is 2.24. The Kier molecular flexibility index (Phi) is 6.82. The highest BCUT2D eigenvalue weighted by Crippen LogP contribution is 2.35. The van der Waals surface area contributed by atoms with Gasteiger partial charge in [-0.3, -0.25) is 4.90 Å². The molecule has 5 heterocycles. The summed E-state index contributed by atoms with van der Waals surface area (Å²) in [6.07, 6.45) is 6.11. The molecule has 176 valence electrons. The van der Waals surface area contributed by atoms with Crippen LogP contribution in [0.2, 0.25) is 0 Å². The van der Waals surface area contributed by atoms with Gasteiger partial charge in [-0.1, -0.05) is 6.92 Å². The van der Waals surface area contributed by atoms with E-state index in [2.05, 4.69) is 44.7 Å². The summed E-state index contributed by atoms with van der Waals surface area (Å²) in [5, 5.41) is 0. The number of fused-ring (bicyclic) bond motifs is 1. The van der Waals surface area contributed by atoms with Gasteiger partial charge in [-0.2, -0.15) is 0 Å². The topological polar surface area (TPSA) is 70.5 Å². The summed E-state index contributed by atoms with van der Waals surface area (Å²) in [6, 6.07) is 2.89. The average molecular weight is 468 g/mol. The molecule has 2 aliphatic rings. The molecule has 0 radical (unpaired) electrons. The van der Waals surface area contributed by atoms with Crippen LogP contribution in [0.5, 0.6) is 0 Å². The van der Waals surface area contributed by atoms with Crippen LogP contribution in [-0.4, -0.2) is 88.8 Å². The molecule has 2 fully saturated rings. The monoisotopic (exact) mass is 467 g/mol. The van der Waals surface area contributed by atoms with Crippen molar-refractivity contribution in [3.8, 4) is 11.4 Å². The third-order valence-corrected chi connectivity index (χ3v) is 7.89. The molecule has 33 heavy (non-hydrogen) atoms. The molecule has 0 aromatic carbocycles. The number of piperidine rings is 1. The van der Waals surface area contributed by atoms with Gasteiger partial charge in [-0.05, 0) is 52.5 Å². The van der Waals surface area contributed by atoms with Crippen molar-refractivity contribution in [3.05, 3.63) is 29.2 Å². The maximum atomic E-state index is 5.59. The maximum absolute atomic E-state index is 5.59. The number of hydrogen-bond donors (Lipinski definition) is 0. The minimum absolute atomic E-state index is 0.642. The van der Waals surface area contributed by atoms with E-state index >= 15 is 0 Å². The van der Waals surface area contributed by atoms with Gasteiger partial charge in [0.2, 0.25) is 0 Å². The zero-order valence-corrected chi connectivity index (χ0v) is 20.6. The zero-order valence-electron chi connectivity index (χ0n) is 19.8. The lowest BCUT2D eigenvalue weighted by atomic mass is 10.0. The molecule has 2 saturated heterocycles. The molecule has 0 amide bonds. The Hall–Kier alpha value is -2.20. The molecule has 0 aliphatic carbocycles. The van der Waals surface area contributed by atoms with Crippen molar-refractivity contribution in [1.29, 1.82) is 0 Å². The predicted octanol–water partition coefficient (Wildman–Crippen LogP) is 3.21. The molecule has 8 nitrogen and oxygen atoms in total. The first kappa shape index (κ1) is 22.6. The standard InChI is InChI=1S/C24H33N7OS/c1-4-30-7-5-19(6-8-30)29(3)16-20-13-21-22(33-20)24(31-9-11-32-12-10-31)28-23(27-21)18-14-25-17(2)26-15-18/h13-15,19H,4-12,16H2,1-3H3. The van der Waals surface area contributed by atoms with Crippen LogP contribution in [0.4, 0.5) is 5.82 Å². The Morgan fingerprint density at radius 2 is 1.82 bits per heavy atom.